The van der Waals surface area contributed by atoms with Crippen LogP contribution in [-0.4, -0.2) is 15.3 Å². The molecule has 0 atom stereocenters. The maximum absolute atomic E-state index is 6.12. The lowest BCUT2D eigenvalue weighted by atomic mass is 9.99. The van der Waals surface area contributed by atoms with Gasteiger partial charge in [-0.2, -0.15) is 0 Å². The Bertz CT molecular complexity index is 1030. The van der Waals surface area contributed by atoms with Crippen LogP contribution in [0.25, 0.3) is 33.6 Å². The Morgan fingerprint density at radius 3 is 2.42 bits per heavy atom. The predicted octanol–water partition coefficient (Wildman–Crippen LogP) is 5.28. The lowest BCUT2D eigenvalue weighted by Gasteiger charge is -2.06. The predicted molar refractivity (Wildman–Crippen MR) is 93.0 cm³/mol. The normalized spacial score (nSPS) is 12.1. The third-order valence-corrected chi connectivity index (χ3v) is 4.33. The molecule has 0 spiro atoms. The SMILES string of the molecule is CC(C)c1cc(-c2nc3cccc(C(C)C)c3o2)cc2nonc12. The highest BCUT2D eigenvalue weighted by molar-refractivity contribution is 5.85. The summed E-state index contributed by atoms with van der Waals surface area (Å²) in [5.74, 6) is 1.28. The lowest BCUT2D eigenvalue weighted by Crippen LogP contribution is -1.91. The van der Waals surface area contributed by atoms with Gasteiger partial charge in [0, 0.05) is 5.56 Å². The van der Waals surface area contributed by atoms with Gasteiger partial charge >= 0.3 is 0 Å². The van der Waals surface area contributed by atoms with Gasteiger partial charge in [0.25, 0.3) is 0 Å². The Morgan fingerprint density at radius 1 is 0.875 bits per heavy atom. The van der Waals surface area contributed by atoms with E-state index in [1.807, 2.05) is 18.2 Å². The number of aromatic nitrogens is 3. The molecule has 5 heteroatoms. The summed E-state index contributed by atoms with van der Waals surface area (Å²) < 4.78 is 11.0. The third kappa shape index (κ3) is 2.28. The van der Waals surface area contributed by atoms with E-state index in [2.05, 4.69) is 55.1 Å². The van der Waals surface area contributed by atoms with Crippen LogP contribution in [0.3, 0.4) is 0 Å². The van der Waals surface area contributed by atoms with Crippen molar-refractivity contribution >= 4 is 22.1 Å². The summed E-state index contributed by atoms with van der Waals surface area (Å²) in [6, 6.07) is 10.1. The zero-order valence-corrected chi connectivity index (χ0v) is 14.2. The number of oxazole rings is 1. The topological polar surface area (TPSA) is 65.0 Å². The number of fused-ring (bicyclic) bond motifs is 2. The Kier molecular flexibility index (Phi) is 3.37. The minimum Gasteiger partial charge on any atom is -0.436 e. The van der Waals surface area contributed by atoms with E-state index in [4.69, 9.17) is 9.05 Å². The molecule has 0 unspecified atom stereocenters. The summed E-state index contributed by atoms with van der Waals surface area (Å²) in [6.45, 7) is 8.55. The highest BCUT2D eigenvalue weighted by atomic mass is 16.6. The summed E-state index contributed by atoms with van der Waals surface area (Å²) in [5.41, 5.74) is 6.39. The van der Waals surface area contributed by atoms with E-state index >= 15 is 0 Å². The smallest absolute Gasteiger partial charge is 0.227 e. The fourth-order valence-corrected chi connectivity index (χ4v) is 3.03. The summed E-state index contributed by atoms with van der Waals surface area (Å²) in [4.78, 5) is 4.67. The first-order chi connectivity index (χ1) is 11.5. The van der Waals surface area contributed by atoms with Crippen molar-refractivity contribution in [1.82, 2.24) is 15.3 Å². The molecule has 0 amide bonds. The van der Waals surface area contributed by atoms with Crippen LogP contribution in [-0.2, 0) is 0 Å². The second-order valence-electron chi connectivity index (χ2n) is 6.72. The molecule has 2 aromatic heterocycles. The van der Waals surface area contributed by atoms with E-state index in [0.717, 1.165) is 33.3 Å². The van der Waals surface area contributed by atoms with Gasteiger partial charge in [-0.3, -0.25) is 0 Å². The maximum Gasteiger partial charge on any atom is 0.227 e. The zero-order chi connectivity index (χ0) is 16.8. The highest BCUT2D eigenvalue weighted by Gasteiger charge is 2.17. The van der Waals surface area contributed by atoms with Crippen LogP contribution in [0.4, 0.5) is 0 Å². The molecule has 24 heavy (non-hydrogen) atoms. The van der Waals surface area contributed by atoms with Crippen molar-refractivity contribution in [2.45, 2.75) is 39.5 Å². The fourth-order valence-electron chi connectivity index (χ4n) is 3.03. The van der Waals surface area contributed by atoms with E-state index in [1.165, 1.54) is 5.56 Å². The van der Waals surface area contributed by atoms with Gasteiger partial charge in [0.2, 0.25) is 5.89 Å². The highest BCUT2D eigenvalue weighted by Crippen LogP contribution is 2.33. The standard InChI is InChI=1S/C19H19N3O2/c1-10(2)13-6-5-7-15-18(13)23-19(20-15)12-8-14(11(3)4)17-16(9-12)21-24-22-17/h5-11H,1-4H3. The van der Waals surface area contributed by atoms with E-state index in [0.29, 0.717) is 17.7 Å². The van der Waals surface area contributed by atoms with Crippen molar-refractivity contribution in [1.29, 1.82) is 0 Å². The minimum atomic E-state index is 0.301. The Morgan fingerprint density at radius 2 is 1.67 bits per heavy atom. The van der Waals surface area contributed by atoms with Gasteiger partial charge in [-0.05, 0) is 51.5 Å². The quantitative estimate of drug-likeness (QED) is 0.514. The largest absolute Gasteiger partial charge is 0.436 e. The molecule has 0 saturated heterocycles. The molecule has 2 aromatic carbocycles. The Labute approximate surface area is 139 Å². The lowest BCUT2D eigenvalue weighted by molar-refractivity contribution is 0.315. The number of hydrogen-bond acceptors (Lipinski definition) is 5. The van der Waals surface area contributed by atoms with Gasteiger partial charge in [0.1, 0.15) is 16.6 Å². The number of para-hydroxylation sites is 1. The molecule has 0 aliphatic rings. The molecule has 0 bridgehead atoms. The van der Waals surface area contributed by atoms with Crippen molar-refractivity contribution in [3.05, 3.63) is 41.5 Å². The monoisotopic (exact) mass is 321 g/mol. The average molecular weight is 321 g/mol. The Balaban J connectivity index is 1.94. The fraction of sp³-hybridized carbons (Fsp3) is 0.316. The van der Waals surface area contributed by atoms with Gasteiger partial charge < -0.3 is 4.42 Å². The first-order valence-electron chi connectivity index (χ1n) is 8.20. The summed E-state index contributed by atoms with van der Waals surface area (Å²) in [5, 5.41) is 8.01. The molecule has 4 aromatic rings. The van der Waals surface area contributed by atoms with Gasteiger partial charge in [-0.15, -0.1) is 0 Å². The first-order valence-corrected chi connectivity index (χ1v) is 8.20. The number of benzene rings is 2. The van der Waals surface area contributed by atoms with E-state index < -0.39 is 0 Å². The van der Waals surface area contributed by atoms with Crippen molar-refractivity contribution in [3.63, 3.8) is 0 Å². The van der Waals surface area contributed by atoms with Crippen molar-refractivity contribution in [2.75, 3.05) is 0 Å². The zero-order valence-electron chi connectivity index (χ0n) is 14.2. The summed E-state index contributed by atoms with van der Waals surface area (Å²) in [6.07, 6.45) is 0. The van der Waals surface area contributed by atoms with Crippen molar-refractivity contribution in [3.8, 4) is 11.5 Å². The molecule has 0 aliphatic carbocycles. The molecular formula is C19H19N3O2. The second kappa shape index (κ2) is 5.44. The van der Waals surface area contributed by atoms with Crippen molar-refractivity contribution < 1.29 is 9.05 Å². The van der Waals surface area contributed by atoms with Crippen LogP contribution in [0.5, 0.6) is 0 Å². The van der Waals surface area contributed by atoms with Crippen LogP contribution in [0.2, 0.25) is 0 Å². The molecule has 2 heterocycles. The number of nitrogens with zero attached hydrogens (tertiary/aromatic N) is 3. The first kappa shape index (κ1) is 14.9. The second-order valence-corrected chi connectivity index (χ2v) is 6.72. The maximum atomic E-state index is 6.12. The molecular weight excluding hydrogens is 302 g/mol. The van der Waals surface area contributed by atoms with E-state index in [-0.39, 0.29) is 0 Å². The molecule has 0 N–H and O–H groups in total. The third-order valence-electron chi connectivity index (χ3n) is 4.33. The van der Waals surface area contributed by atoms with Crippen LogP contribution in [0.1, 0.15) is 50.7 Å². The minimum absolute atomic E-state index is 0.301. The van der Waals surface area contributed by atoms with Gasteiger partial charge in [-0.25, -0.2) is 9.61 Å². The van der Waals surface area contributed by atoms with Crippen LogP contribution in [0.15, 0.2) is 39.4 Å². The molecule has 5 nitrogen and oxygen atoms in total. The van der Waals surface area contributed by atoms with Gasteiger partial charge in [0.05, 0.1) is 0 Å². The summed E-state index contributed by atoms with van der Waals surface area (Å²) >= 11 is 0. The molecule has 0 radical (unpaired) electrons. The summed E-state index contributed by atoms with van der Waals surface area (Å²) in [7, 11) is 0. The van der Waals surface area contributed by atoms with Crippen LogP contribution < -0.4 is 0 Å². The molecule has 0 saturated carbocycles. The van der Waals surface area contributed by atoms with Gasteiger partial charge in [-0.1, -0.05) is 39.8 Å². The number of rotatable bonds is 3. The molecule has 0 fully saturated rings. The molecule has 4 rings (SSSR count). The Hall–Kier alpha value is -2.69. The molecule has 0 aliphatic heterocycles. The molecule has 122 valence electrons. The van der Waals surface area contributed by atoms with Crippen LogP contribution >= 0.6 is 0 Å². The van der Waals surface area contributed by atoms with Crippen molar-refractivity contribution in [2.24, 2.45) is 0 Å². The van der Waals surface area contributed by atoms with E-state index in [1.54, 1.807) is 0 Å². The number of hydrogen-bond donors (Lipinski definition) is 0. The van der Waals surface area contributed by atoms with Crippen LogP contribution in [0, 0.1) is 0 Å². The van der Waals surface area contributed by atoms with E-state index in [9.17, 15) is 0 Å². The average Bonchev–Trinajstić information content (AvgIpc) is 3.19. The van der Waals surface area contributed by atoms with Gasteiger partial charge in [0.15, 0.2) is 5.58 Å².